The number of rotatable bonds is 1. The molecular weight excluding hydrogens is 182 g/mol. The summed E-state index contributed by atoms with van der Waals surface area (Å²) in [6.07, 6.45) is 1.17. The van der Waals surface area contributed by atoms with E-state index in [1.165, 1.54) is 6.42 Å². The quantitative estimate of drug-likeness (QED) is 0.567. The van der Waals surface area contributed by atoms with Crippen LogP contribution >= 0.6 is 15.9 Å². The lowest BCUT2D eigenvalue weighted by Gasteiger charge is -2.31. The highest BCUT2D eigenvalue weighted by Crippen LogP contribution is 2.11. The van der Waals surface area contributed by atoms with E-state index in [-0.39, 0.29) is 10.7 Å². The first-order valence-corrected chi connectivity index (χ1v) is 4.06. The van der Waals surface area contributed by atoms with Crippen molar-refractivity contribution in [3.8, 4) is 0 Å². The molecular formula is C6H10BrNO. The molecule has 1 unspecified atom stereocenters. The van der Waals surface area contributed by atoms with E-state index in [1.807, 2.05) is 11.8 Å². The van der Waals surface area contributed by atoms with Crippen LogP contribution < -0.4 is 0 Å². The van der Waals surface area contributed by atoms with Crippen LogP contribution in [0.1, 0.15) is 13.3 Å². The van der Waals surface area contributed by atoms with E-state index in [4.69, 9.17) is 0 Å². The topological polar surface area (TPSA) is 20.3 Å². The maximum Gasteiger partial charge on any atom is 0.236 e. The van der Waals surface area contributed by atoms with Crippen molar-refractivity contribution < 1.29 is 4.79 Å². The SMILES string of the molecule is CC(Br)C(=O)N1CCC1. The van der Waals surface area contributed by atoms with Crippen molar-refractivity contribution in [3.63, 3.8) is 0 Å². The third-order valence-corrected chi connectivity index (χ3v) is 1.90. The van der Waals surface area contributed by atoms with Gasteiger partial charge in [-0.25, -0.2) is 0 Å². The smallest absolute Gasteiger partial charge is 0.236 e. The second-order valence-corrected chi connectivity index (χ2v) is 3.67. The van der Waals surface area contributed by atoms with Crippen LogP contribution in [0.3, 0.4) is 0 Å². The molecule has 0 spiro atoms. The summed E-state index contributed by atoms with van der Waals surface area (Å²) < 4.78 is 0. The summed E-state index contributed by atoms with van der Waals surface area (Å²) in [4.78, 5) is 12.9. The first-order chi connectivity index (χ1) is 4.22. The molecule has 0 saturated carbocycles. The van der Waals surface area contributed by atoms with Gasteiger partial charge in [-0.1, -0.05) is 15.9 Å². The first kappa shape index (κ1) is 7.06. The zero-order valence-corrected chi connectivity index (χ0v) is 7.02. The normalized spacial score (nSPS) is 20.9. The number of hydrogen-bond acceptors (Lipinski definition) is 1. The summed E-state index contributed by atoms with van der Waals surface area (Å²) in [5, 5.41) is 0. The van der Waals surface area contributed by atoms with E-state index < -0.39 is 0 Å². The molecule has 0 aromatic carbocycles. The largest absolute Gasteiger partial charge is 0.342 e. The molecule has 0 aromatic heterocycles. The highest BCUT2D eigenvalue weighted by Gasteiger charge is 2.22. The lowest BCUT2D eigenvalue weighted by molar-refractivity contribution is -0.133. The van der Waals surface area contributed by atoms with Gasteiger partial charge < -0.3 is 4.90 Å². The van der Waals surface area contributed by atoms with Gasteiger partial charge in [-0.2, -0.15) is 0 Å². The van der Waals surface area contributed by atoms with Crippen molar-refractivity contribution in [3.05, 3.63) is 0 Å². The number of alkyl halides is 1. The fraction of sp³-hybridized carbons (Fsp3) is 0.833. The maximum atomic E-state index is 11.0. The maximum absolute atomic E-state index is 11.0. The first-order valence-electron chi connectivity index (χ1n) is 3.14. The molecule has 52 valence electrons. The molecule has 1 amide bonds. The highest BCUT2D eigenvalue weighted by molar-refractivity contribution is 9.10. The molecule has 1 aliphatic rings. The van der Waals surface area contributed by atoms with Gasteiger partial charge in [0.15, 0.2) is 0 Å². The predicted octanol–water partition coefficient (Wildman–Crippen LogP) is 1.00. The number of halogens is 1. The zero-order chi connectivity index (χ0) is 6.85. The number of carbonyl (C=O) groups excluding carboxylic acids is 1. The molecule has 0 radical (unpaired) electrons. The van der Waals surface area contributed by atoms with Crippen LogP contribution in [0.5, 0.6) is 0 Å². The van der Waals surface area contributed by atoms with Crippen LogP contribution in [0.4, 0.5) is 0 Å². The van der Waals surface area contributed by atoms with Gasteiger partial charge >= 0.3 is 0 Å². The van der Waals surface area contributed by atoms with Gasteiger partial charge in [-0.05, 0) is 13.3 Å². The summed E-state index contributed by atoms with van der Waals surface area (Å²) in [5.74, 6) is 0.223. The van der Waals surface area contributed by atoms with Gasteiger partial charge in [-0.3, -0.25) is 4.79 Å². The van der Waals surface area contributed by atoms with Crippen molar-refractivity contribution in [1.82, 2.24) is 4.90 Å². The molecule has 1 saturated heterocycles. The van der Waals surface area contributed by atoms with E-state index >= 15 is 0 Å². The Hall–Kier alpha value is -0.0500. The average molecular weight is 192 g/mol. The molecule has 1 atom stereocenters. The minimum atomic E-state index is -0.00204. The molecule has 9 heavy (non-hydrogen) atoms. The minimum absolute atomic E-state index is 0.00204. The van der Waals surface area contributed by atoms with Gasteiger partial charge in [-0.15, -0.1) is 0 Å². The van der Waals surface area contributed by atoms with Crippen molar-refractivity contribution in [2.75, 3.05) is 13.1 Å². The Morgan fingerprint density at radius 3 is 2.33 bits per heavy atom. The summed E-state index contributed by atoms with van der Waals surface area (Å²) in [5.41, 5.74) is 0. The van der Waals surface area contributed by atoms with Crippen molar-refractivity contribution in [2.45, 2.75) is 18.2 Å². The van der Waals surface area contributed by atoms with Crippen LogP contribution in [-0.4, -0.2) is 28.7 Å². The van der Waals surface area contributed by atoms with E-state index in [9.17, 15) is 4.79 Å². The molecule has 0 aliphatic carbocycles. The van der Waals surface area contributed by atoms with Crippen LogP contribution in [0, 0.1) is 0 Å². The van der Waals surface area contributed by atoms with Crippen LogP contribution in [0.2, 0.25) is 0 Å². The Morgan fingerprint density at radius 2 is 2.22 bits per heavy atom. The molecule has 1 rings (SSSR count). The Balaban J connectivity index is 2.32. The summed E-state index contributed by atoms with van der Waals surface area (Å²) in [6, 6.07) is 0. The Kier molecular flexibility index (Phi) is 2.11. The van der Waals surface area contributed by atoms with Gasteiger partial charge in [0.2, 0.25) is 5.91 Å². The van der Waals surface area contributed by atoms with E-state index in [2.05, 4.69) is 15.9 Å². The molecule has 1 aliphatic heterocycles. The number of likely N-dealkylation sites (tertiary alicyclic amines) is 1. The van der Waals surface area contributed by atoms with Crippen molar-refractivity contribution in [2.24, 2.45) is 0 Å². The van der Waals surface area contributed by atoms with Gasteiger partial charge in [0.05, 0.1) is 4.83 Å². The Bertz CT molecular complexity index is 120. The van der Waals surface area contributed by atoms with Crippen LogP contribution in [0.25, 0.3) is 0 Å². The Labute approximate surface area is 63.3 Å². The van der Waals surface area contributed by atoms with Gasteiger partial charge in [0.25, 0.3) is 0 Å². The number of hydrogen-bond donors (Lipinski definition) is 0. The standard InChI is InChI=1S/C6H10BrNO/c1-5(7)6(9)8-3-2-4-8/h5H,2-4H2,1H3. The fourth-order valence-corrected chi connectivity index (χ4v) is 1.08. The fourth-order valence-electron chi connectivity index (χ4n) is 0.788. The molecule has 0 N–H and O–H groups in total. The summed E-state index contributed by atoms with van der Waals surface area (Å²) in [6.45, 7) is 3.77. The van der Waals surface area contributed by atoms with Crippen LogP contribution in [-0.2, 0) is 4.79 Å². The molecule has 0 aromatic rings. The monoisotopic (exact) mass is 191 g/mol. The minimum Gasteiger partial charge on any atom is -0.342 e. The molecule has 1 fully saturated rings. The highest BCUT2D eigenvalue weighted by atomic mass is 79.9. The van der Waals surface area contributed by atoms with E-state index in [1.54, 1.807) is 0 Å². The Morgan fingerprint density at radius 1 is 1.67 bits per heavy atom. The predicted molar refractivity (Wildman–Crippen MR) is 39.6 cm³/mol. The van der Waals surface area contributed by atoms with E-state index in [0.29, 0.717) is 0 Å². The number of carbonyl (C=O) groups is 1. The second kappa shape index (κ2) is 2.69. The summed E-state index contributed by atoms with van der Waals surface area (Å²) in [7, 11) is 0. The van der Waals surface area contributed by atoms with Gasteiger partial charge in [0.1, 0.15) is 0 Å². The number of nitrogens with zero attached hydrogens (tertiary/aromatic N) is 1. The zero-order valence-electron chi connectivity index (χ0n) is 5.43. The van der Waals surface area contributed by atoms with E-state index in [0.717, 1.165) is 13.1 Å². The molecule has 1 heterocycles. The summed E-state index contributed by atoms with van der Waals surface area (Å²) >= 11 is 3.22. The lowest BCUT2D eigenvalue weighted by atomic mass is 10.2. The molecule has 3 heteroatoms. The van der Waals surface area contributed by atoms with Gasteiger partial charge in [0, 0.05) is 13.1 Å². The third-order valence-electron chi connectivity index (χ3n) is 1.51. The average Bonchev–Trinajstić information content (AvgIpc) is 1.60. The van der Waals surface area contributed by atoms with Crippen molar-refractivity contribution >= 4 is 21.8 Å². The number of amides is 1. The molecule has 2 nitrogen and oxygen atoms in total. The van der Waals surface area contributed by atoms with Crippen LogP contribution in [0.15, 0.2) is 0 Å². The lowest BCUT2D eigenvalue weighted by Crippen LogP contribution is -2.44. The van der Waals surface area contributed by atoms with Crippen molar-refractivity contribution in [1.29, 1.82) is 0 Å². The third kappa shape index (κ3) is 1.45. The molecule has 0 bridgehead atoms. The second-order valence-electron chi connectivity index (χ2n) is 2.29.